The van der Waals surface area contributed by atoms with Gasteiger partial charge in [0.15, 0.2) is 0 Å². The molecule has 1 aliphatic carbocycles. The Balaban J connectivity index is 2.71. The fraction of sp³-hybridized carbons (Fsp3) is 0.154. The van der Waals surface area contributed by atoms with E-state index in [4.69, 9.17) is 0 Å². The van der Waals surface area contributed by atoms with Gasteiger partial charge in [0.25, 0.3) is 5.91 Å². The minimum absolute atomic E-state index is 0.126. The molecule has 1 N–H and O–H groups in total. The number of alkyl halides is 2. The van der Waals surface area contributed by atoms with Crippen molar-refractivity contribution in [1.29, 1.82) is 0 Å². The van der Waals surface area contributed by atoms with Gasteiger partial charge in [-0.25, -0.2) is 4.79 Å². The van der Waals surface area contributed by atoms with Crippen molar-refractivity contribution in [1.82, 2.24) is 5.32 Å². The maximum Gasteiger partial charge on any atom is 0.309 e. The first kappa shape index (κ1) is 12.2. The summed E-state index contributed by atoms with van der Waals surface area (Å²) < 4.78 is 27.9. The van der Waals surface area contributed by atoms with Gasteiger partial charge < -0.3 is 5.32 Å². The third-order valence-corrected chi connectivity index (χ3v) is 2.78. The molecule has 0 radical (unpaired) electrons. The summed E-state index contributed by atoms with van der Waals surface area (Å²) in [6.45, 7) is 0. The largest absolute Gasteiger partial charge is 0.355 e. The average molecular weight is 249 g/mol. The Morgan fingerprint density at radius 2 is 2.06 bits per heavy atom. The first-order chi connectivity index (χ1) is 8.52. The zero-order valence-electron chi connectivity index (χ0n) is 9.46. The number of nitrogens with one attached hydrogen (secondary N) is 1. The summed E-state index contributed by atoms with van der Waals surface area (Å²) in [7, 11) is 1.42. The topological polar surface area (TPSA) is 46.2 Å². The molecule has 0 bridgehead atoms. The molecule has 0 aromatic heterocycles. The molecule has 0 aliphatic heterocycles. The molecule has 0 saturated heterocycles. The second-order valence-electron chi connectivity index (χ2n) is 3.77. The quantitative estimate of drug-likeness (QED) is 0.773. The van der Waals surface area contributed by atoms with E-state index in [1.807, 2.05) is 0 Å². The normalized spacial score (nSPS) is 15.8. The molecular weight excluding hydrogens is 240 g/mol. The molecule has 92 valence electrons. The Hall–Kier alpha value is -2.26. The fourth-order valence-corrected chi connectivity index (χ4v) is 1.87. The molecule has 0 saturated carbocycles. The van der Waals surface area contributed by atoms with Crippen LogP contribution in [0.4, 0.5) is 8.78 Å². The van der Waals surface area contributed by atoms with Crippen LogP contribution in [-0.4, -0.2) is 18.9 Å². The number of hydrogen-bond acceptors (Lipinski definition) is 2. The van der Waals surface area contributed by atoms with Gasteiger partial charge in [-0.15, -0.1) is 0 Å². The van der Waals surface area contributed by atoms with Crippen molar-refractivity contribution < 1.29 is 18.4 Å². The van der Waals surface area contributed by atoms with Crippen LogP contribution in [0.2, 0.25) is 0 Å². The smallest absolute Gasteiger partial charge is 0.309 e. The van der Waals surface area contributed by atoms with Crippen LogP contribution in [0.5, 0.6) is 0 Å². The lowest BCUT2D eigenvalue weighted by atomic mass is 9.87. The van der Waals surface area contributed by atoms with E-state index in [2.05, 4.69) is 5.32 Å². The minimum Gasteiger partial charge on any atom is -0.355 e. The molecule has 1 aromatic carbocycles. The van der Waals surface area contributed by atoms with Crippen LogP contribution in [0, 0.1) is 0 Å². The third-order valence-electron chi connectivity index (χ3n) is 2.78. The van der Waals surface area contributed by atoms with Gasteiger partial charge in [-0.2, -0.15) is 8.78 Å². The standard InChI is InChI=1S/C13H9F2NO2/c1-16-12(18)10-3-2-4-11-9(10)6-5-8(7-17)13(11,14)15/h2-6H,1H3,(H,16,18). The highest BCUT2D eigenvalue weighted by atomic mass is 19.3. The first-order valence-electron chi connectivity index (χ1n) is 5.19. The van der Waals surface area contributed by atoms with Gasteiger partial charge in [0.05, 0.1) is 0 Å². The van der Waals surface area contributed by atoms with Crippen molar-refractivity contribution in [2.75, 3.05) is 7.05 Å². The van der Waals surface area contributed by atoms with Gasteiger partial charge in [-0.3, -0.25) is 4.79 Å². The molecule has 1 aliphatic rings. The van der Waals surface area contributed by atoms with Crippen molar-refractivity contribution in [2.45, 2.75) is 5.92 Å². The van der Waals surface area contributed by atoms with Crippen LogP contribution in [0.25, 0.3) is 6.08 Å². The molecular formula is C13H9F2NO2. The van der Waals surface area contributed by atoms with Crippen molar-refractivity contribution in [3.8, 4) is 0 Å². The Morgan fingerprint density at radius 1 is 1.33 bits per heavy atom. The zero-order chi connectivity index (χ0) is 13.3. The van der Waals surface area contributed by atoms with Crippen LogP contribution in [0.3, 0.4) is 0 Å². The number of fused-ring (bicyclic) bond motifs is 1. The van der Waals surface area contributed by atoms with Crippen molar-refractivity contribution >= 4 is 17.9 Å². The number of rotatable bonds is 1. The van der Waals surface area contributed by atoms with Gasteiger partial charge in [0.2, 0.25) is 0 Å². The van der Waals surface area contributed by atoms with E-state index in [9.17, 15) is 18.4 Å². The van der Waals surface area contributed by atoms with Crippen LogP contribution in [-0.2, 0) is 10.7 Å². The second-order valence-corrected chi connectivity index (χ2v) is 3.77. The van der Waals surface area contributed by atoms with E-state index in [-0.39, 0.29) is 16.7 Å². The maximum absolute atomic E-state index is 13.9. The van der Waals surface area contributed by atoms with Gasteiger partial charge >= 0.3 is 5.92 Å². The van der Waals surface area contributed by atoms with Crippen LogP contribution < -0.4 is 5.32 Å². The van der Waals surface area contributed by atoms with Gasteiger partial charge in [-0.05, 0) is 17.7 Å². The number of hydrogen-bond donors (Lipinski definition) is 1. The molecule has 18 heavy (non-hydrogen) atoms. The summed E-state index contributed by atoms with van der Waals surface area (Å²) in [5.41, 5.74) is -0.815. The number of carbonyl (C=O) groups excluding carboxylic acids is 2. The van der Waals surface area contributed by atoms with Gasteiger partial charge in [0, 0.05) is 18.2 Å². The molecule has 1 aromatic rings. The summed E-state index contributed by atoms with van der Waals surface area (Å²) in [5.74, 6) is -2.65. The lowest BCUT2D eigenvalue weighted by Crippen LogP contribution is -2.25. The maximum atomic E-state index is 13.9. The number of benzene rings is 1. The van der Waals surface area contributed by atoms with Gasteiger partial charge in [0.1, 0.15) is 11.5 Å². The summed E-state index contributed by atoms with van der Waals surface area (Å²) in [4.78, 5) is 22.1. The molecule has 5 heteroatoms. The molecule has 0 heterocycles. The molecule has 0 spiro atoms. The summed E-state index contributed by atoms with van der Waals surface area (Å²) in [6, 6.07) is 4.01. The van der Waals surface area contributed by atoms with E-state index in [0.29, 0.717) is 0 Å². The second kappa shape index (κ2) is 4.20. The highest BCUT2D eigenvalue weighted by Crippen LogP contribution is 2.42. The predicted molar refractivity (Wildman–Crippen MR) is 62.0 cm³/mol. The summed E-state index contributed by atoms with van der Waals surface area (Å²) >= 11 is 0. The molecule has 0 atom stereocenters. The van der Waals surface area contributed by atoms with E-state index in [1.165, 1.54) is 37.3 Å². The predicted octanol–water partition coefficient (Wildman–Crippen LogP) is 1.92. The zero-order valence-corrected chi connectivity index (χ0v) is 9.46. The van der Waals surface area contributed by atoms with Crippen molar-refractivity contribution in [3.63, 3.8) is 0 Å². The monoisotopic (exact) mass is 249 g/mol. The minimum atomic E-state index is -3.42. The summed E-state index contributed by atoms with van der Waals surface area (Å²) in [6.07, 6.45) is 2.32. The van der Waals surface area contributed by atoms with Crippen molar-refractivity contribution in [3.05, 3.63) is 46.5 Å². The highest BCUT2D eigenvalue weighted by molar-refractivity contribution is 5.99. The van der Waals surface area contributed by atoms with E-state index >= 15 is 0 Å². The van der Waals surface area contributed by atoms with E-state index in [1.54, 1.807) is 0 Å². The van der Waals surface area contributed by atoms with Crippen molar-refractivity contribution in [2.24, 2.45) is 0 Å². The molecule has 1 amide bonds. The SMILES string of the molecule is CNC(=O)c1cccc2c1C=CC(=C=O)C2(F)F. The van der Waals surface area contributed by atoms with Gasteiger partial charge in [-0.1, -0.05) is 18.2 Å². The molecule has 0 fully saturated rings. The molecule has 0 unspecified atom stereocenters. The number of allylic oxidation sites excluding steroid dienone is 2. The number of amides is 1. The first-order valence-corrected chi connectivity index (χ1v) is 5.19. The molecule has 2 rings (SSSR count). The lowest BCUT2D eigenvalue weighted by molar-refractivity contribution is 0.0423. The summed E-state index contributed by atoms with van der Waals surface area (Å²) in [5, 5.41) is 2.38. The van der Waals surface area contributed by atoms with E-state index in [0.717, 1.165) is 6.08 Å². The third kappa shape index (κ3) is 1.65. The highest BCUT2D eigenvalue weighted by Gasteiger charge is 2.41. The van der Waals surface area contributed by atoms with Crippen LogP contribution in [0.15, 0.2) is 29.8 Å². The van der Waals surface area contributed by atoms with Crippen LogP contribution >= 0.6 is 0 Å². The number of halogens is 2. The fourth-order valence-electron chi connectivity index (χ4n) is 1.87. The Bertz CT molecular complexity index is 599. The van der Waals surface area contributed by atoms with Crippen LogP contribution in [0.1, 0.15) is 21.5 Å². The van der Waals surface area contributed by atoms with E-state index < -0.39 is 17.4 Å². The number of carbonyl (C=O) groups is 1. The lowest BCUT2D eigenvalue weighted by Gasteiger charge is -2.23. The Labute approximate surface area is 102 Å². The molecule has 3 nitrogen and oxygen atoms in total. The Morgan fingerprint density at radius 3 is 2.67 bits per heavy atom. The average Bonchev–Trinajstić information content (AvgIpc) is 2.37. The Kier molecular flexibility index (Phi) is 2.85.